The lowest BCUT2D eigenvalue weighted by molar-refractivity contribution is -0.119. The Balaban J connectivity index is 1.64. The lowest BCUT2D eigenvalue weighted by atomic mass is 9.72. The molecule has 0 saturated heterocycles. The number of carbonyl (C=O) groups is 2. The van der Waals surface area contributed by atoms with Gasteiger partial charge in [-0.1, -0.05) is 20.8 Å². The van der Waals surface area contributed by atoms with Gasteiger partial charge in [0.25, 0.3) is 5.91 Å². The maximum Gasteiger partial charge on any atom is 0.338 e. The first-order valence-electron chi connectivity index (χ1n) is 9.74. The fourth-order valence-corrected chi connectivity index (χ4v) is 4.88. The minimum atomic E-state index is -0.645. The summed E-state index contributed by atoms with van der Waals surface area (Å²) in [5.74, 6) is -0.597. The zero-order valence-electron chi connectivity index (χ0n) is 17.2. The molecule has 6 nitrogen and oxygen atoms in total. The molecule has 1 N–H and O–H groups in total. The van der Waals surface area contributed by atoms with E-state index in [9.17, 15) is 14.9 Å². The third-order valence-corrected chi connectivity index (χ3v) is 6.61. The van der Waals surface area contributed by atoms with Crippen molar-refractivity contribution in [3.63, 3.8) is 0 Å². The van der Waals surface area contributed by atoms with E-state index >= 15 is 0 Å². The van der Waals surface area contributed by atoms with Crippen molar-refractivity contribution in [1.82, 2.24) is 0 Å². The number of rotatable bonds is 4. The van der Waals surface area contributed by atoms with Gasteiger partial charge < -0.3 is 10.1 Å². The van der Waals surface area contributed by atoms with Crippen molar-refractivity contribution in [2.24, 2.45) is 11.3 Å². The molecule has 0 spiro atoms. The van der Waals surface area contributed by atoms with Gasteiger partial charge in [0.05, 0.1) is 22.8 Å². The Hall–Kier alpha value is -3.16. The number of ether oxygens (including phenoxy) is 1. The topological polar surface area (TPSA) is 103 Å². The van der Waals surface area contributed by atoms with Gasteiger partial charge in [-0.15, -0.1) is 11.3 Å². The summed E-state index contributed by atoms with van der Waals surface area (Å²) in [5.41, 5.74) is 2.45. The van der Waals surface area contributed by atoms with Crippen molar-refractivity contribution >= 4 is 28.2 Å². The van der Waals surface area contributed by atoms with Crippen LogP contribution in [-0.2, 0) is 22.4 Å². The van der Waals surface area contributed by atoms with Crippen LogP contribution in [0.15, 0.2) is 24.3 Å². The Morgan fingerprint density at radius 1 is 1.20 bits per heavy atom. The Bertz CT molecular complexity index is 1050. The number of thiophene rings is 1. The zero-order chi connectivity index (χ0) is 21.9. The van der Waals surface area contributed by atoms with Crippen LogP contribution in [0.25, 0.3) is 0 Å². The number of amides is 1. The molecule has 1 aliphatic carbocycles. The normalized spacial score (nSPS) is 15.4. The van der Waals surface area contributed by atoms with Gasteiger partial charge in [0.1, 0.15) is 11.1 Å². The lowest BCUT2D eigenvalue weighted by Crippen LogP contribution is -2.26. The average molecular weight is 422 g/mol. The van der Waals surface area contributed by atoms with Gasteiger partial charge in [-0.05, 0) is 60.4 Å². The molecule has 0 aliphatic heterocycles. The number of esters is 1. The molecule has 154 valence electrons. The predicted octanol–water partition coefficient (Wildman–Crippen LogP) is 4.44. The number of anilines is 1. The fourth-order valence-electron chi connectivity index (χ4n) is 3.59. The van der Waals surface area contributed by atoms with Crippen LogP contribution in [0.2, 0.25) is 0 Å². The summed E-state index contributed by atoms with van der Waals surface area (Å²) < 4.78 is 5.06. The summed E-state index contributed by atoms with van der Waals surface area (Å²) in [4.78, 5) is 25.6. The molecule has 2 aromatic rings. The van der Waals surface area contributed by atoms with E-state index in [1.807, 2.05) is 6.07 Å². The Morgan fingerprint density at radius 3 is 2.50 bits per heavy atom. The fraction of sp³-hybridized carbons (Fsp3) is 0.391. The molecule has 0 saturated carbocycles. The molecule has 0 bridgehead atoms. The second-order valence-electron chi connectivity index (χ2n) is 8.44. The number of nitrogens with one attached hydrogen (secondary N) is 1. The SMILES string of the molecule is CC(C)(C)[C@H]1CCc2c(sc(NC(=O)COC(=O)c3ccc(C#N)cc3)c2C#N)C1. The Kier molecular flexibility index (Phi) is 6.24. The highest BCUT2D eigenvalue weighted by molar-refractivity contribution is 7.16. The quantitative estimate of drug-likeness (QED) is 0.735. The van der Waals surface area contributed by atoms with Crippen molar-refractivity contribution in [2.75, 3.05) is 11.9 Å². The van der Waals surface area contributed by atoms with Crippen LogP contribution in [0.3, 0.4) is 0 Å². The van der Waals surface area contributed by atoms with E-state index in [1.54, 1.807) is 0 Å². The van der Waals surface area contributed by atoms with E-state index in [0.29, 0.717) is 22.0 Å². The van der Waals surface area contributed by atoms with Crippen molar-refractivity contribution in [1.29, 1.82) is 10.5 Å². The third kappa shape index (κ3) is 4.69. The maximum atomic E-state index is 12.3. The molecule has 1 amide bonds. The summed E-state index contributed by atoms with van der Waals surface area (Å²) in [5, 5.41) is 21.7. The number of hydrogen-bond acceptors (Lipinski definition) is 6. The molecule has 7 heteroatoms. The maximum absolute atomic E-state index is 12.3. The molecule has 0 fully saturated rings. The Labute approximate surface area is 180 Å². The molecule has 0 radical (unpaired) electrons. The molecule has 1 aliphatic rings. The Morgan fingerprint density at radius 2 is 1.90 bits per heavy atom. The summed E-state index contributed by atoms with van der Waals surface area (Å²) in [7, 11) is 0. The molecule has 0 unspecified atom stereocenters. The largest absolute Gasteiger partial charge is 0.452 e. The van der Waals surface area contributed by atoms with Gasteiger partial charge in [0.2, 0.25) is 0 Å². The van der Waals surface area contributed by atoms with Crippen LogP contribution < -0.4 is 5.32 Å². The van der Waals surface area contributed by atoms with Crippen molar-refractivity contribution in [3.8, 4) is 12.1 Å². The number of carbonyl (C=O) groups excluding carboxylic acids is 2. The molecular formula is C23H23N3O3S. The summed E-state index contributed by atoms with van der Waals surface area (Å²) in [6, 6.07) is 10.2. The van der Waals surface area contributed by atoms with Crippen LogP contribution in [-0.4, -0.2) is 18.5 Å². The predicted molar refractivity (Wildman–Crippen MR) is 114 cm³/mol. The van der Waals surface area contributed by atoms with Crippen LogP contribution in [0.4, 0.5) is 5.00 Å². The molecule has 1 atom stereocenters. The highest BCUT2D eigenvalue weighted by Gasteiger charge is 2.32. The van der Waals surface area contributed by atoms with Crippen molar-refractivity contribution in [3.05, 3.63) is 51.4 Å². The van der Waals surface area contributed by atoms with E-state index in [0.717, 1.165) is 29.7 Å². The number of nitriles is 2. The first-order valence-corrected chi connectivity index (χ1v) is 10.6. The van der Waals surface area contributed by atoms with Gasteiger partial charge in [-0.2, -0.15) is 10.5 Å². The van der Waals surface area contributed by atoms with E-state index in [4.69, 9.17) is 10.00 Å². The van der Waals surface area contributed by atoms with Gasteiger partial charge in [-0.3, -0.25) is 4.79 Å². The molecule has 1 aromatic heterocycles. The smallest absolute Gasteiger partial charge is 0.338 e. The summed E-state index contributed by atoms with van der Waals surface area (Å²) in [6.45, 7) is 6.24. The highest BCUT2D eigenvalue weighted by atomic mass is 32.1. The van der Waals surface area contributed by atoms with Crippen LogP contribution in [0, 0.1) is 34.0 Å². The van der Waals surface area contributed by atoms with Gasteiger partial charge in [0.15, 0.2) is 6.61 Å². The van der Waals surface area contributed by atoms with Gasteiger partial charge in [0, 0.05) is 4.88 Å². The third-order valence-electron chi connectivity index (χ3n) is 5.44. The van der Waals surface area contributed by atoms with Crippen LogP contribution in [0.1, 0.15) is 59.1 Å². The van der Waals surface area contributed by atoms with Gasteiger partial charge >= 0.3 is 5.97 Å². The van der Waals surface area contributed by atoms with E-state index in [1.165, 1.54) is 35.6 Å². The summed E-state index contributed by atoms with van der Waals surface area (Å²) >= 11 is 1.44. The van der Waals surface area contributed by atoms with Crippen LogP contribution >= 0.6 is 11.3 Å². The molecular weight excluding hydrogens is 398 g/mol. The number of nitrogens with zero attached hydrogens (tertiary/aromatic N) is 2. The molecule has 3 rings (SSSR count). The van der Waals surface area contributed by atoms with E-state index in [-0.39, 0.29) is 11.0 Å². The van der Waals surface area contributed by atoms with Crippen molar-refractivity contribution < 1.29 is 14.3 Å². The van der Waals surface area contributed by atoms with E-state index < -0.39 is 18.5 Å². The zero-order valence-corrected chi connectivity index (χ0v) is 18.1. The standard InChI is InChI=1S/C23H23N3O3S/c1-23(2,3)16-8-9-17-18(12-25)21(30-19(17)10-16)26-20(27)13-29-22(28)15-6-4-14(11-24)5-7-15/h4-7,16H,8-10,13H2,1-3H3,(H,26,27)/t16-/m0/s1. The van der Waals surface area contributed by atoms with E-state index in [2.05, 4.69) is 32.2 Å². The molecule has 1 heterocycles. The first-order chi connectivity index (χ1) is 14.2. The second kappa shape index (κ2) is 8.69. The highest BCUT2D eigenvalue weighted by Crippen LogP contribution is 2.43. The molecule has 1 aromatic carbocycles. The number of hydrogen-bond donors (Lipinski definition) is 1. The lowest BCUT2D eigenvalue weighted by Gasteiger charge is -2.33. The van der Waals surface area contributed by atoms with Crippen molar-refractivity contribution in [2.45, 2.75) is 40.0 Å². The first kappa shape index (κ1) is 21.5. The average Bonchev–Trinajstić information content (AvgIpc) is 3.07. The summed E-state index contributed by atoms with van der Waals surface area (Å²) in [6.07, 6.45) is 2.76. The minimum absolute atomic E-state index is 0.192. The van der Waals surface area contributed by atoms with Crippen LogP contribution in [0.5, 0.6) is 0 Å². The number of fused-ring (bicyclic) bond motifs is 1. The van der Waals surface area contributed by atoms with Gasteiger partial charge in [-0.25, -0.2) is 4.79 Å². The molecule has 30 heavy (non-hydrogen) atoms. The minimum Gasteiger partial charge on any atom is -0.452 e. The monoisotopic (exact) mass is 421 g/mol. The second-order valence-corrected chi connectivity index (χ2v) is 9.54. The number of benzene rings is 1.